The highest BCUT2D eigenvalue weighted by Crippen LogP contribution is 1.98. The molecule has 0 aromatic heterocycles. The van der Waals surface area contributed by atoms with Crippen LogP contribution in [0, 0.1) is 0 Å². The van der Waals surface area contributed by atoms with Crippen LogP contribution < -0.4 is 11.3 Å². The Hall–Kier alpha value is -0.750. The number of ether oxygens (including phenoxy) is 1. The number of hydrogen-bond acceptors (Lipinski definition) is 3. The SMILES string of the molecule is NNC(=O)CCCCOCC(F)F. The highest BCUT2D eigenvalue weighted by molar-refractivity contribution is 5.74. The van der Waals surface area contributed by atoms with Gasteiger partial charge in [-0.05, 0) is 12.8 Å². The largest absolute Gasteiger partial charge is 0.376 e. The van der Waals surface area contributed by atoms with E-state index in [1.807, 2.05) is 5.43 Å². The predicted molar refractivity (Wildman–Crippen MR) is 43.0 cm³/mol. The summed E-state index contributed by atoms with van der Waals surface area (Å²) in [6.45, 7) is -0.286. The minimum Gasteiger partial charge on any atom is -0.376 e. The van der Waals surface area contributed by atoms with Crippen LogP contribution in [0.15, 0.2) is 0 Å². The van der Waals surface area contributed by atoms with Crippen molar-refractivity contribution >= 4 is 5.91 Å². The van der Waals surface area contributed by atoms with E-state index in [1.165, 1.54) is 0 Å². The van der Waals surface area contributed by atoms with E-state index in [9.17, 15) is 13.6 Å². The molecule has 0 saturated carbocycles. The van der Waals surface area contributed by atoms with Crippen LogP contribution in [0.25, 0.3) is 0 Å². The average Bonchev–Trinajstić information content (AvgIpc) is 2.10. The Morgan fingerprint density at radius 2 is 2.15 bits per heavy atom. The molecule has 6 heteroatoms. The highest BCUT2D eigenvalue weighted by Gasteiger charge is 2.01. The van der Waals surface area contributed by atoms with Crippen LogP contribution in [-0.4, -0.2) is 25.5 Å². The number of halogens is 2. The van der Waals surface area contributed by atoms with Crippen molar-refractivity contribution in [2.45, 2.75) is 25.7 Å². The Balaban J connectivity index is 3.04. The molecule has 0 saturated heterocycles. The van der Waals surface area contributed by atoms with Crippen molar-refractivity contribution in [1.82, 2.24) is 5.43 Å². The van der Waals surface area contributed by atoms with Crippen molar-refractivity contribution in [3.8, 4) is 0 Å². The summed E-state index contributed by atoms with van der Waals surface area (Å²) < 4.78 is 27.6. The van der Waals surface area contributed by atoms with Gasteiger partial charge in [0.15, 0.2) is 0 Å². The van der Waals surface area contributed by atoms with Gasteiger partial charge in [-0.2, -0.15) is 0 Å². The minimum absolute atomic E-state index is 0.252. The summed E-state index contributed by atoms with van der Waals surface area (Å²) in [5.74, 6) is 4.57. The molecule has 0 spiro atoms. The smallest absolute Gasteiger partial charge is 0.261 e. The van der Waals surface area contributed by atoms with Gasteiger partial charge in [0.25, 0.3) is 6.43 Å². The van der Waals surface area contributed by atoms with Gasteiger partial charge in [0.2, 0.25) is 5.91 Å². The van der Waals surface area contributed by atoms with Gasteiger partial charge >= 0.3 is 0 Å². The van der Waals surface area contributed by atoms with Gasteiger partial charge in [0.05, 0.1) is 0 Å². The molecule has 13 heavy (non-hydrogen) atoms. The third-order valence-electron chi connectivity index (χ3n) is 1.35. The van der Waals surface area contributed by atoms with Crippen LogP contribution in [-0.2, 0) is 9.53 Å². The first-order chi connectivity index (χ1) is 6.16. The van der Waals surface area contributed by atoms with Crippen LogP contribution >= 0.6 is 0 Å². The molecule has 0 fully saturated rings. The fraction of sp³-hybridized carbons (Fsp3) is 0.857. The van der Waals surface area contributed by atoms with Gasteiger partial charge in [0, 0.05) is 13.0 Å². The van der Waals surface area contributed by atoms with Crippen molar-refractivity contribution in [1.29, 1.82) is 0 Å². The molecule has 0 unspecified atom stereocenters. The molecule has 0 aromatic rings. The van der Waals surface area contributed by atoms with E-state index < -0.39 is 13.0 Å². The topological polar surface area (TPSA) is 64.3 Å². The lowest BCUT2D eigenvalue weighted by Gasteiger charge is -2.02. The molecule has 0 radical (unpaired) electrons. The molecule has 3 N–H and O–H groups in total. The minimum atomic E-state index is -2.42. The van der Waals surface area contributed by atoms with Gasteiger partial charge in [-0.15, -0.1) is 0 Å². The third-order valence-corrected chi connectivity index (χ3v) is 1.35. The summed E-state index contributed by atoms with van der Waals surface area (Å²) >= 11 is 0. The van der Waals surface area contributed by atoms with Crippen molar-refractivity contribution in [2.24, 2.45) is 5.84 Å². The van der Waals surface area contributed by atoms with E-state index in [4.69, 9.17) is 5.84 Å². The summed E-state index contributed by atoms with van der Waals surface area (Å²) in [6.07, 6.45) is -0.951. The zero-order chi connectivity index (χ0) is 10.1. The molecule has 78 valence electrons. The zero-order valence-corrected chi connectivity index (χ0v) is 7.26. The Kier molecular flexibility index (Phi) is 7.42. The van der Waals surface area contributed by atoms with E-state index in [1.54, 1.807) is 0 Å². The lowest BCUT2D eigenvalue weighted by molar-refractivity contribution is -0.121. The number of hydrazine groups is 1. The van der Waals surface area contributed by atoms with Crippen LogP contribution in [0.1, 0.15) is 19.3 Å². The van der Waals surface area contributed by atoms with Crippen LogP contribution in [0.2, 0.25) is 0 Å². The highest BCUT2D eigenvalue weighted by atomic mass is 19.3. The summed E-state index contributed by atoms with van der Waals surface area (Å²) in [4.78, 5) is 10.6. The molecule has 0 bridgehead atoms. The summed E-state index contributed by atoms with van der Waals surface area (Å²) in [6, 6.07) is 0. The van der Waals surface area contributed by atoms with Crippen molar-refractivity contribution in [2.75, 3.05) is 13.2 Å². The van der Waals surface area contributed by atoms with Crippen LogP contribution in [0.4, 0.5) is 8.78 Å². The molecular formula is C7H14F2N2O2. The first-order valence-corrected chi connectivity index (χ1v) is 4.02. The number of carbonyl (C=O) groups excluding carboxylic acids is 1. The van der Waals surface area contributed by atoms with Gasteiger partial charge in [-0.1, -0.05) is 0 Å². The maximum absolute atomic E-state index is 11.5. The molecule has 0 aliphatic rings. The number of amides is 1. The first kappa shape index (κ1) is 12.2. The second kappa shape index (κ2) is 7.88. The molecule has 0 aromatic carbocycles. The van der Waals surface area contributed by atoms with Gasteiger partial charge in [-0.25, -0.2) is 14.6 Å². The normalized spacial score (nSPS) is 10.5. The number of rotatable bonds is 7. The fourth-order valence-corrected chi connectivity index (χ4v) is 0.734. The Labute approximate surface area is 75.4 Å². The van der Waals surface area contributed by atoms with E-state index in [0.29, 0.717) is 19.3 Å². The van der Waals surface area contributed by atoms with E-state index in [-0.39, 0.29) is 12.5 Å². The number of carbonyl (C=O) groups is 1. The molecule has 0 aliphatic carbocycles. The molecular weight excluding hydrogens is 182 g/mol. The van der Waals surface area contributed by atoms with Gasteiger partial charge in [-0.3, -0.25) is 10.2 Å². The van der Waals surface area contributed by atoms with E-state index in [0.717, 1.165) is 0 Å². The Morgan fingerprint density at radius 3 is 2.69 bits per heavy atom. The van der Waals surface area contributed by atoms with Gasteiger partial charge < -0.3 is 4.74 Å². The lowest BCUT2D eigenvalue weighted by Crippen LogP contribution is -2.29. The molecule has 4 nitrogen and oxygen atoms in total. The van der Waals surface area contributed by atoms with E-state index in [2.05, 4.69) is 4.74 Å². The summed E-state index contributed by atoms with van der Waals surface area (Å²) in [5, 5.41) is 0. The maximum Gasteiger partial charge on any atom is 0.261 e. The van der Waals surface area contributed by atoms with Crippen molar-refractivity contribution in [3.05, 3.63) is 0 Å². The molecule has 0 aliphatic heterocycles. The zero-order valence-electron chi connectivity index (χ0n) is 7.26. The Bertz CT molecular complexity index is 144. The lowest BCUT2D eigenvalue weighted by atomic mass is 10.2. The van der Waals surface area contributed by atoms with Crippen LogP contribution in [0.3, 0.4) is 0 Å². The molecule has 1 amide bonds. The standard InChI is InChI=1S/C7H14F2N2O2/c8-6(9)5-13-4-2-1-3-7(12)11-10/h6H,1-5,10H2,(H,11,12). The second-order valence-corrected chi connectivity index (χ2v) is 2.49. The number of alkyl halides is 2. The quantitative estimate of drug-likeness (QED) is 0.268. The van der Waals surface area contributed by atoms with Gasteiger partial charge in [0.1, 0.15) is 6.61 Å². The number of nitrogens with two attached hydrogens (primary N) is 1. The molecule has 0 heterocycles. The van der Waals surface area contributed by atoms with E-state index >= 15 is 0 Å². The first-order valence-electron chi connectivity index (χ1n) is 4.02. The monoisotopic (exact) mass is 196 g/mol. The predicted octanol–water partition coefficient (Wildman–Crippen LogP) is 0.428. The van der Waals surface area contributed by atoms with Crippen molar-refractivity contribution in [3.63, 3.8) is 0 Å². The number of hydrogen-bond donors (Lipinski definition) is 2. The molecule has 0 atom stereocenters. The Morgan fingerprint density at radius 1 is 1.46 bits per heavy atom. The average molecular weight is 196 g/mol. The van der Waals surface area contributed by atoms with Crippen LogP contribution in [0.5, 0.6) is 0 Å². The maximum atomic E-state index is 11.5. The summed E-state index contributed by atoms with van der Waals surface area (Å²) in [5.41, 5.74) is 1.97. The third kappa shape index (κ3) is 9.16. The molecule has 0 rings (SSSR count). The van der Waals surface area contributed by atoms with Crippen molar-refractivity contribution < 1.29 is 18.3 Å². The number of unbranched alkanes of at least 4 members (excludes halogenated alkanes) is 1. The number of nitrogens with one attached hydrogen (secondary N) is 1. The second-order valence-electron chi connectivity index (χ2n) is 2.49. The summed E-state index contributed by atoms with van der Waals surface area (Å²) in [7, 11) is 0. The fourth-order valence-electron chi connectivity index (χ4n) is 0.734.